The van der Waals surface area contributed by atoms with Crippen LogP contribution in [0.25, 0.3) is 10.8 Å². The number of fused-ring (bicyclic) bond motifs is 1. The molecule has 1 amide bonds. The van der Waals surface area contributed by atoms with Gasteiger partial charge in [-0.05, 0) is 44.2 Å². The molecule has 3 aromatic rings. The van der Waals surface area contributed by atoms with Crippen molar-refractivity contribution in [2.45, 2.75) is 13.8 Å². The van der Waals surface area contributed by atoms with Gasteiger partial charge < -0.3 is 15.2 Å². The van der Waals surface area contributed by atoms with E-state index in [-0.39, 0.29) is 23.8 Å². The molecule has 0 aliphatic heterocycles. The first kappa shape index (κ1) is 16.1. The van der Waals surface area contributed by atoms with E-state index in [1.54, 1.807) is 49.4 Å². The van der Waals surface area contributed by atoms with Crippen LogP contribution in [0, 0.1) is 6.92 Å². The summed E-state index contributed by atoms with van der Waals surface area (Å²) in [4.78, 5) is 27.4. The second-order valence-electron chi connectivity index (χ2n) is 5.83. The largest absolute Gasteiger partial charge is 0.505 e. The Morgan fingerprint density at radius 2 is 2.00 bits per heavy atom. The number of aryl methyl sites for hydroxylation is 1. The Morgan fingerprint density at radius 3 is 2.73 bits per heavy atom. The number of aromatic nitrogens is 1. The van der Waals surface area contributed by atoms with Crippen LogP contribution in [0.2, 0.25) is 0 Å². The third kappa shape index (κ3) is 3.64. The van der Waals surface area contributed by atoms with Crippen LogP contribution >= 0.6 is 0 Å². The monoisotopic (exact) mass is 351 g/mol. The van der Waals surface area contributed by atoms with Gasteiger partial charge in [-0.1, -0.05) is 18.2 Å². The zero-order valence-corrected chi connectivity index (χ0v) is 14.4. The van der Waals surface area contributed by atoms with Gasteiger partial charge >= 0.3 is 0 Å². The number of ether oxygens (including phenoxy) is 1. The first-order valence-corrected chi connectivity index (χ1v) is 8.00. The van der Waals surface area contributed by atoms with Gasteiger partial charge in [-0.25, -0.2) is 4.98 Å². The highest BCUT2D eigenvalue weighted by atomic mass is 16.5. The molecule has 0 spiro atoms. The number of aromatic hydroxyl groups is 1. The van der Waals surface area contributed by atoms with Crippen molar-refractivity contribution >= 4 is 22.5 Å². The topological polar surface area (TPSA) is 88.5 Å². The van der Waals surface area contributed by atoms with Crippen LogP contribution in [-0.2, 0) is 4.79 Å². The van der Waals surface area contributed by atoms with Crippen molar-refractivity contribution in [3.05, 3.63) is 59.9 Å². The Hall–Kier alpha value is -3.41. The second-order valence-corrected chi connectivity index (χ2v) is 5.83. The minimum atomic E-state index is -0.611. The minimum Gasteiger partial charge on any atom is -0.505 e. The van der Waals surface area contributed by atoms with E-state index in [9.17, 15) is 14.7 Å². The third-order valence-electron chi connectivity index (χ3n) is 3.77. The predicted octanol–water partition coefficient (Wildman–Crippen LogP) is 3.36. The van der Waals surface area contributed by atoms with Crippen LogP contribution in [0.4, 0.5) is 0 Å². The standard InChI is InChI=1S/C20H18N2O4/c1-12(23)11-21-20(25)18-19(24)16-9-8-15(10-17(16)13(2)22-18)26-14-6-4-3-5-7-14/h3-10,24H,11H2,1-2H3,(H,21,25)/i4D. The SMILES string of the molecule is [2H]c1cccc(Oc2ccc3c(O)c(C(=O)NCC(C)=O)nc(C)c3c2)c1. The number of benzene rings is 2. The first-order chi connectivity index (χ1) is 12.8. The van der Waals surface area contributed by atoms with Crippen LogP contribution in [0.5, 0.6) is 17.2 Å². The number of rotatable bonds is 5. The van der Waals surface area contributed by atoms with Gasteiger partial charge in [-0.15, -0.1) is 0 Å². The van der Waals surface area contributed by atoms with Gasteiger partial charge in [-0.2, -0.15) is 0 Å². The van der Waals surface area contributed by atoms with Crippen molar-refractivity contribution in [2.24, 2.45) is 0 Å². The number of nitrogens with zero attached hydrogens (tertiary/aromatic N) is 1. The Kier molecular flexibility index (Phi) is 4.47. The Labute approximate surface area is 151 Å². The third-order valence-corrected chi connectivity index (χ3v) is 3.77. The summed E-state index contributed by atoms with van der Waals surface area (Å²) in [7, 11) is 0. The number of ketones is 1. The number of nitrogens with one attached hydrogen (secondary N) is 1. The molecule has 0 atom stereocenters. The quantitative estimate of drug-likeness (QED) is 0.736. The van der Waals surface area contributed by atoms with Gasteiger partial charge in [0.1, 0.15) is 17.3 Å². The molecule has 6 nitrogen and oxygen atoms in total. The molecule has 1 aromatic heterocycles. The van der Waals surface area contributed by atoms with Gasteiger partial charge in [0.15, 0.2) is 11.4 Å². The van der Waals surface area contributed by atoms with Crippen LogP contribution in [0.1, 0.15) is 24.5 Å². The molecule has 0 saturated heterocycles. The molecular weight excluding hydrogens is 332 g/mol. The fourth-order valence-corrected chi connectivity index (χ4v) is 2.52. The smallest absolute Gasteiger partial charge is 0.274 e. The second kappa shape index (κ2) is 7.23. The molecule has 2 N–H and O–H groups in total. The predicted molar refractivity (Wildman–Crippen MR) is 97.7 cm³/mol. The highest BCUT2D eigenvalue weighted by Crippen LogP contribution is 2.33. The maximum absolute atomic E-state index is 12.2. The molecule has 0 radical (unpaired) electrons. The van der Waals surface area contributed by atoms with E-state index in [0.717, 1.165) is 0 Å². The molecule has 0 fully saturated rings. The normalized spacial score (nSPS) is 11.1. The number of amides is 1. The molecule has 2 aromatic carbocycles. The molecule has 1 heterocycles. The van der Waals surface area contributed by atoms with Gasteiger partial charge in [0.2, 0.25) is 0 Å². The Balaban J connectivity index is 1.96. The summed E-state index contributed by atoms with van der Waals surface area (Å²) in [6.45, 7) is 2.95. The van der Waals surface area contributed by atoms with Crippen LogP contribution in [0.15, 0.2) is 48.5 Å². The summed E-state index contributed by atoms with van der Waals surface area (Å²) in [5.41, 5.74) is 0.410. The van der Waals surface area contributed by atoms with E-state index in [1.165, 1.54) is 6.92 Å². The molecule has 0 aliphatic rings. The van der Waals surface area contributed by atoms with Crippen molar-refractivity contribution in [1.82, 2.24) is 10.3 Å². The van der Waals surface area contributed by atoms with E-state index >= 15 is 0 Å². The fraction of sp³-hybridized carbons (Fsp3) is 0.150. The van der Waals surface area contributed by atoms with Gasteiger partial charge in [0, 0.05) is 16.5 Å². The summed E-state index contributed by atoms with van der Waals surface area (Å²) in [6, 6.07) is 12.1. The van der Waals surface area contributed by atoms with Crippen molar-refractivity contribution in [2.75, 3.05) is 6.54 Å². The van der Waals surface area contributed by atoms with Crippen molar-refractivity contribution in [1.29, 1.82) is 0 Å². The maximum Gasteiger partial charge on any atom is 0.274 e. The van der Waals surface area contributed by atoms with Crippen LogP contribution < -0.4 is 10.1 Å². The molecule has 26 heavy (non-hydrogen) atoms. The number of carbonyl (C=O) groups is 2. The highest BCUT2D eigenvalue weighted by Gasteiger charge is 2.18. The average molecular weight is 351 g/mol. The molecule has 0 bridgehead atoms. The minimum absolute atomic E-state index is 0.126. The molecule has 132 valence electrons. The lowest BCUT2D eigenvalue weighted by Crippen LogP contribution is -2.29. The maximum atomic E-state index is 12.2. The van der Waals surface area contributed by atoms with Crippen molar-refractivity contribution in [3.63, 3.8) is 0 Å². The summed E-state index contributed by atoms with van der Waals surface area (Å²) < 4.78 is 13.4. The van der Waals surface area contributed by atoms with Crippen LogP contribution in [0.3, 0.4) is 0 Å². The number of Topliss-reactive ketones (excluding diaryl/α,β-unsaturated/α-hetero) is 1. The molecule has 6 heteroatoms. The van der Waals surface area contributed by atoms with Gasteiger partial charge in [-0.3, -0.25) is 9.59 Å². The van der Waals surface area contributed by atoms with E-state index < -0.39 is 5.91 Å². The summed E-state index contributed by atoms with van der Waals surface area (Å²) in [5, 5.41) is 14.0. The number of carbonyl (C=O) groups excluding carboxylic acids is 2. The van der Waals surface area contributed by atoms with E-state index in [2.05, 4.69) is 10.3 Å². The lowest BCUT2D eigenvalue weighted by molar-refractivity contribution is -0.116. The lowest BCUT2D eigenvalue weighted by Gasteiger charge is -2.12. The van der Waals surface area contributed by atoms with Gasteiger partial charge in [0.05, 0.1) is 7.92 Å². The van der Waals surface area contributed by atoms with E-state index in [0.29, 0.717) is 34.0 Å². The van der Waals surface area contributed by atoms with Crippen molar-refractivity contribution in [3.8, 4) is 17.2 Å². The molecule has 3 rings (SSSR count). The van der Waals surface area contributed by atoms with Gasteiger partial charge in [0.25, 0.3) is 5.91 Å². The number of hydrogen-bond acceptors (Lipinski definition) is 5. The zero-order chi connectivity index (χ0) is 19.6. The Bertz CT molecular complexity index is 1050. The van der Waals surface area contributed by atoms with E-state index in [4.69, 9.17) is 6.11 Å². The summed E-state index contributed by atoms with van der Waals surface area (Å²) >= 11 is 0. The van der Waals surface area contributed by atoms with Crippen molar-refractivity contribution < 1.29 is 20.8 Å². The molecular formula is C20H18N2O4. The van der Waals surface area contributed by atoms with Crippen LogP contribution in [-0.4, -0.2) is 28.3 Å². The lowest BCUT2D eigenvalue weighted by atomic mass is 10.1. The molecule has 0 saturated carbocycles. The zero-order valence-electron chi connectivity index (χ0n) is 15.4. The molecule has 0 aliphatic carbocycles. The first-order valence-electron chi connectivity index (χ1n) is 8.50. The highest BCUT2D eigenvalue weighted by molar-refractivity contribution is 6.03. The van der Waals surface area contributed by atoms with E-state index in [1.807, 2.05) is 0 Å². The molecule has 0 unspecified atom stereocenters. The number of hydrogen-bond donors (Lipinski definition) is 2. The average Bonchev–Trinajstić information content (AvgIpc) is 2.62. The summed E-state index contributed by atoms with van der Waals surface area (Å²) in [5.74, 6) is -0.0152. The summed E-state index contributed by atoms with van der Waals surface area (Å²) in [6.07, 6.45) is 0. The Morgan fingerprint density at radius 1 is 1.19 bits per heavy atom. The fourth-order valence-electron chi connectivity index (χ4n) is 2.52. The number of para-hydroxylation sites is 1. The number of pyridine rings is 1.